The lowest BCUT2D eigenvalue weighted by Crippen LogP contribution is -2.61. The van der Waals surface area contributed by atoms with E-state index in [4.69, 9.17) is 31.5 Å². The molecule has 2 aromatic carbocycles. The van der Waals surface area contributed by atoms with Crippen LogP contribution in [0.25, 0.3) is 5.70 Å². The van der Waals surface area contributed by atoms with Crippen molar-refractivity contribution in [3.05, 3.63) is 77.5 Å². The van der Waals surface area contributed by atoms with E-state index >= 15 is 0 Å². The quantitative estimate of drug-likeness (QED) is 0.0512. The molecule has 0 spiro atoms. The van der Waals surface area contributed by atoms with Crippen LogP contribution < -0.4 is 27.9 Å². The lowest BCUT2D eigenvalue weighted by molar-refractivity contribution is -0.301. The summed E-state index contributed by atoms with van der Waals surface area (Å²) in [6.07, 6.45) is -5.06. The molecule has 1 saturated heterocycles. The van der Waals surface area contributed by atoms with E-state index in [1.807, 2.05) is 0 Å². The smallest absolute Gasteiger partial charge is 0.186 e. The molecule has 4 rings (SSSR count). The molecule has 1 saturated carbocycles. The first-order valence-electron chi connectivity index (χ1n) is 15.6. The fourth-order valence-corrected chi connectivity index (χ4v) is 5.94. The van der Waals surface area contributed by atoms with Crippen molar-refractivity contribution in [2.75, 3.05) is 26.8 Å². The average molecular weight is 678 g/mol. The molecule has 1 aliphatic carbocycles. The molecule has 14 nitrogen and oxygen atoms in total. The van der Waals surface area contributed by atoms with Gasteiger partial charge >= 0.3 is 0 Å². The molecule has 48 heavy (non-hydrogen) atoms. The van der Waals surface area contributed by atoms with E-state index in [1.165, 1.54) is 55.9 Å². The minimum Gasteiger partial charge on any atom is -0.397 e. The van der Waals surface area contributed by atoms with E-state index < -0.39 is 73.4 Å². The fourth-order valence-electron chi connectivity index (χ4n) is 5.94. The molecule has 0 bridgehead atoms. The Labute approximate surface area is 277 Å². The Hall–Kier alpha value is -3.58. The number of halogens is 2. The number of aliphatic imine (C=N–C) groups is 1. The summed E-state index contributed by atoms with van der Waals surface area (Å²) >= 11 is 0. The van der Waals surface area contributed by atoms with Crippen molar-refractivity contribution in [1.29, 1.82) is 0 Å². The number of rotatable bonds is 14. The van der Waals surface area contributed by atoms with Gasteiger partial charge in [-0.05, 0) is 37.1 Å². The molecule has 0 amide bonds. The van der Waals surface area contributed by atoms with Gasteiger partial charge in [-0.25, -0.2) is 8.78 Å². The van der Waals surface area contributed by atoms with E-state index in [0.717, 1.165) is 0 Å². The number of aliphatic hydroxyl groups is 4. The van der Waals surface area contributed by atoms with Gasteiger partial charge in [0.25, 0.3) is 0 Å². The lowest BCUT2D eigenvalue weighted by atomic mass is 9.80. The second-order valence-corrected chi connectivity index (χ2v) is 11.7. The SMILES string of the molecule is COC(NCCN)C1CC(N/C=C(\N)c2cccc(F)c2)C(O)[C@H](O[C@@H]2OC(CO)[C@H](O)C(N=CC(=NN)c3cccc(F)c3)C2O)C1. The third-order valence-corrected chi connectivity index (χ3v) is 8.45. The Bertz CT molecular complexity index is 1420. The Kier molecular flexibility index (Phi) is 13.7. The van der Waals surface area contributed by atoms with Crippen LogP contribution in [0.15, 0.2) is 64.8 Å². The van der Waals surface area contributed by atoms with Gasteiger partial charge in [0, 0.05) is 49.7 Å². The summed E-state index contributed by atoms with van der Waals surface area (Å²) in [7, 11) is 1.53. The van der Waals surface area contributed by atoms with E-state index in [0.29, 0.717) is 30.6 Å². The van der Waals surface area contributed by atoms with Gasteiger partial charge in [0.2, 0.25) is 0 Å². The molecule has 0 radical (unpaired) electrons. The summed E-state index contributed by atoms with van der Waals surface area (Å²) in [6, 6.07) is 9.28. The summed E-state index contributed by atoms with van der Waals surface area (Å²) in [5, 5.41) is 53.7. The van der Waals surface area contributed by atoms with Crippen molar-refractivity contribution in [1.82, 2.24) is 10.6 Å². The molecule has 1 aliphatic heterocycles. The third-order valence-electron chi connectivity index (χ3n) is 8.45. The monoisotopic (exact) mass is 677 g/mol. The lowest BCUT2D eigenvalue weighted by Gasteiger charge is -2.46. The topological polar surface area (TPSA) is 235 Å². The van der Waals surface area contributed by atoms with Crippen molar-refractivity contribution in [3.63, 3.8) is 0 Å². The summed E-state index contributed by atoms with van der Waals surface area (Å²) in [6.45, 7) is 0.173. The molecular formula is C32H45F2N7O7. The average Bonchev–Trinajstić information content (AvgIpc) is 3.08. The van der Waals surface area contributed by atoms with Crippen molar-refractivity contribution in [2.24, 2.45) is 33.3 Å². The molecule has 7 unspecified atom stereocenters. The number of aliphatic hydroxyl groups excluding tert-OH is 4. The molecule has 0 aromatic heterocycles. The number of hydrogen-bond donors (Lipinski definition) is 9. The molecular weight excluding hydrogens is 632 g/mol. The van der Waals surface area contributed by atoms with Crippen molar-refractivity contribution in [3.8, 4) is 0 Å². The zero-order chi connectivity index (χ0) is 34.8. The van der Waals surface area contributed by atoms with E-state index in [9.17, 15) is 29.2 Å². The van der Waals surface area contributed by atoms with Crippen LogP contribution in [0.4, 0.5) is 8.78 Å². The van der Waals surface area contributed by atoms with Crippen molar-refractivity contribution < 1.29 is 43.4 Å². The molecule has 2 aromatic rings. The Balaban J connectivity index is 1.57. The number of nitrogens with zero attached hydrogens (tertiary/aromatic N) is 2. The molecule has 264 valence electrons. The van der Waals surface area contributed by atoms with Gasteiger partial charge in [0.05, 0.1) is 24.4 Å². The van der Waals surface area contributed by atoms with Gasteiger partial charge < -0.3 is 57.3 Å². The summed E-state index contributed by atoms with van der Waals surface area (Å²) in [4.78, 5) is 4.28. The molecule has 16 heteroatoms. The molecule has 2 fully saturated rings. The highest BCUT2D eigenvalue weighted by Gasteiger charge is 2.48. The number of ether oxygens (including phenoxy) is 3. The largest absolute Gasteiger partial charge is 0.397 e. The van der Waals surface area contributed by atoms with Crippen LogP contribution in [0.5, 0.6) is 0 Å². The van der Waals surface area contributed by atoms with Gasteiger partial charge in [-0.3, -0.25) is 10.3 Å². The molecule has 2 aliphatic rings. The minimum absolute atomic E-state index is 0.0685. The molecule has 12 N–H and O–H groups in total. The number of benzene rings is 2. The van der Waals surface area contributed by atoms with Gasteiger partial charge in [0.15, 0.2) is 6.29 Å². The Morgan fingerprint density at radius 2 is 1.75 bits per heavy atom. The fraction of sp³-hybridized carbons (Fsp3) is 0.500. The van der Waals surface area contributed by atoms with Gasteiger partial charge in [-0.1, -0.05) is 24.3 Å². The summed E-state index contributed by atoms with van der Waals surface area (Å²) < 4.78 is 45.2. The number of hydrazone groups is 1. The van der Waals surface area contributed by atoms with Crippen molar-refractivity contribution in [2.45, 2.75) is 68.0 Å². The van der Waals surface area contributed by atoms with Crippen LogP contribution in [0, 0.1) is 17.6 Å². The minimum atomic E-state index is -1.58. The number of nitrogens with one attached hydrogen (secondary N) is 2. The first-order chi connectivity index (χ1) is 23.1. The summed E-state index contributed by atoms with van der Waals surface area (Å²) in [5.74, 6) is 4.28. The second kappa shape index (κ2) is 17.7. The highest BCUT2D eigenvalue weighted by molar-refractivity contribution is 6.38. The number of hydrogen-bond acceptors (Lipinski definition) is 14. The first-order valence-corrected chi connectivity index (χ1v) is 15.6. The van der Waals surface area contributed by atoms with E-state index in [-0.39, 0.29) is 23.7 Å². The highest BCUT2D eigenvalue weighted by atomic mass is 19.1. The number of nitrogens with two attached hydrogens (primary N) is 3. The second-order valence-electron chi connectivity index (χ2n) is 11.7. The first kappa shape index (κ1) is 37.2. The van der Waals surface area contributed by atoms with Crippen LogP contribution in [0.1, 0.15) is 24.0 Å². The Morgan fingerprint density at radius 3 is 2.38 bits per heavy atom. The van der Waals surface area contributed by atoms with Gasteiger partial charge in [0.1, 0.15) is 54.0 Å². The van der Waals surface area contributed by atoms with Gasteiger partial charge in [-0.15, -0.1) is 0 Å². The molecule has 1 heterocycles. The third kappa shape index (κ3) is 9.31. The zero-order valence-electron chi connectivity index (χ0n) is 26.5. The predicted octanol–water partition coefficient (Wildman–Crippen LogP) is -0.902. The zero-order valence-corrected chi connectivity index (χ0v) is 26.5. The van der Waals surface area contributed by atoms with Gasteiger partial charge in [-0.2, -0.15) is 5.10 Å². The number of methoxy groups -OCH3 is 1. The molecule has 10 atom stereocenters. The maximum absolute atomic E-state index is 13.8. The van der Waals surface area contributed by atoms with E-state index in [1.54, 1.807) is 12.1 Å². The maximum atomic E-state index is 13.8. The van der Waals surface area contributed by atoms with Crippen LogP contribution >= 0.6 is 0 Å². The van der Waals surface area contributed by atoms with Crippen LogP contribution in [0.2, 0.25) is 0 Å². The normalized spacial score (nSPS) is 30.8. The van der Waals surface area contributed by atoms with E-state index in [2.05, 4.69) is 20.7 Å². The maximum Gasteiger partial charge on any atom is 0.186 e. The van der Waals surface area contributed by atoms with Crippen LogP contribution in [0.3, 0.4) is 0 Å². The predicted molar refractivity (Wildman–Crippen MR) is 174 cm³/mol. The highest BCUT2D eigenvalue weighted by Crippen LogP contribution is 2.34. The van der Waals surface area contributed by atoms with Crippen LogP contribution in [-0.2, 0) is 14.2 Å². The summed E-state index contributed by atoms with van der Waals surface area (Å²) in [5.41, 5.74) is 12.9. The van der Waals surface area contributed by atoms with Crippen LogP contribution in [-0.4, -0.2) is 114 Å². The standard InChI is InChI=1S/C32H45F2N7O7/c1-46-31(38-9-8-35)19-12-23(39-14-22(36)17-4-2-6-20(33)10-17)28(43)25(13-19)47-32-30(45)27(29(44)26(16-42)48-32)40-15-24(41-37)18-5-3-7-21(34)11-18/h2-7,10-11,14-15,19,23,25-32,38-39,42-45H,8-9,12-13,16,35-37H2,1H3/b22-14-,40-15?,41-24?/t19?,23?,25-,26?,27?,28?,29+,30?,31?,32-/m1/s1. The Morgan fingerprint density at radius 1 is 1.06 bits per heavy atom. The van der Waals surface area contributed by atoms with Crippen molar-refractivity contribution >= 4 is 17.6 Å².